The molecule has 2 aromatic rings. The Balaban J connectivity index is 2.06. The highest BCUT2D eigenvalue weighted by Gasteiger charge is 2.15. The zero-order valence-electron chi connectivity index (χ0n) is 12.2. The minimum atomic E-state index is -0.225. The molecule has 0 aliphatic rings. The van der Waals surface area contributed by atoms with Gasteiger partial charge in [-0.2, -0.15) is 0 Å². The second-order valence-corrected chi connectivity index (χ2v) is 5.66. The molecule has 2 rings (SSSR count). The normalized spacial score (nSPS) is 12.2. The Morgan fingerprint density at radius 2 is 1.90 bits per heavy atom. The van der Waals surface area contributed by atoms with Crippen LogP contribution in [0.3, 0.4) is 0 Å². The van der Waals surface area contributed by atoms with Crippen molar-refractivity contribution in [3.63, 3.8) is 0 Å². The minimum absolute atomic E-state index is 0.108. The quantitative estimate of drug-likeness (QED) is 0.827. The van der Waals surface area contributed by atoms with Crippen LogP contribution in [0.5, 0.6) is 5.75 Å². The molecule has 21 heavy (non-hydrogen) atoms. The summed E-state index contributed by atoms with van der Waals surface area (Å²) in [5.41, 5.74) is 2.19. The van der Waals surface area contributed by atoms with E-state index in [1.54, 1.807) is 13.2 Å². The molecule has 0 fully saturated rings. The van der Waals surface area contributed by atoms with Crippen LogP contribution in [0.4, 0.5) is 4.39 Å². The van der Waals surface area contributed by atoms with Crippen LogP contribution < -0.4 is 10.1 Å². The summed E-state index contributed by atoms with van der Waals surface area (Å²) in [6.07, 6.45) is 1.81. The number of nitrogens with one attached hydrogen (secondary N) is 1. The Bertz CT molecular complexity index is 586. The van der Waals surface area contributed by atoms with Crippen molar-refractivity contribution in [1.29, 1.82) is 0 Å². The number of halogens is 2. The van der Waals surface area contributed by atoms with E-state index in [4.69, 9.17) is 4.74 Å². The highest BCUT2D eigenvalue weighted by molar-refractivity contribution is 9.10. The summed E-state index contributed by atoms with van der Waals surface area (Å²) in [5, 5.41) is 3.26. The van der Waals surface area contributed by atoms with Crippen LogP contribution in [0, 0.1) is 5.82 Å². The monoisotopic (exact) mass is 351 g/mol. The molecule has 0 heterocycles. The molecule has 2 aromatic carbocycles. The van der Waals surface area contributed by atoms with Gasteiger partial charge in [0.15, 0.2) is 0 Å². The van der Waals surface area contributed by atoms with E-state index in [-0.39, 0.29) is 11.9 Å². The molecule has 0 aliphatic heterocycles. The van der Waals surface area contributed by atoms with Gasteiger partial charge in [0.1, 0.15) is 11.6 Å². The lowest BCUT2D eigenvalue weighted by Crippen LogP contribution is -2.18. The summed E-state index contributed by atoms with van der Waals surface area (Å²) in [4.78, 5) is 0. The maximum Gasteiger partial charge on any atom is 0.137 e. The molecule has 112 valence electrons. The van der Waals surface area contributed by atoms with Gasteiger partial charge < -0.3 is 10.1 Å². The fourth-order valence-corrected chi connectivity index (χ4v) is 2.89. The molecule has 1 unspecified atom stereocenters. The molecule has 1 atom stereocenters. The summed E-state index contributed by atoms with van der Waals surface area (Å²) < 4.78 is 19.3. The van der Waals surface area contributed by atoms with Crippen molar-refractivity contribution in [1.82, 2.24) is 5.32 Å². The molecular weight excluding hydrogens is 333 g/mol. The van der Waals surface area contributed by atoms with E-state index in [1.165, 1.54) is 11.6 Å². The first-order chi connectivity index (χ1) is 10.2. The van der Waals surface area contributed by atoms with E-state index < -0.39 is 0 Å². The number of hydrogen-bond acceptors (Lipinski definition) is 2. The number of rotatable bonds is 6. The summed E-state index contributed by atoms with van der Waals surface area (Å²) >= 11 is 3.34. The number of aryl methyl sites for hydroxylation is 1. The molecule has 0 aromatic heterocycles. The van der Waals surface area contributed by atoms with E-state index in [0.717, 1.165) is 24.2 Å². The van der Waals surface area contributed by atoms with Crippen molar-refractivity contribution in [2.24, 2.45) is 0 Å². The largest absolute Gasteiger partial charge is 0.497 e. The highest BCUT2D eigenvalue weighted by atomic mass is 79.9. The van der Waals surface area contributed by atoms with Gasteiger partial charge in [-0.1, -0.05) is 24.3 Å². The summed E-state index contributed by atoms with van der Waals surface area (Å²) in [5.74, 6) is 0.633. The van der Waals surface area contributed by atoms with Crippen molar-refractivity contribution < 1.29 is 9.13 Å². The molecule has 0 amide bonds. The third kappa shape index (κ3) is 4.05. The smallest absolute Gasteiger partial charge is 0.137 e. The first-order valence-electron chi connectivity index (χ1n) is 6.89. The van der Waals surface area contributed by atoms with Crippen LogP contribution in [0.2, 0.25) is 0 Å². The van der Waals surface area contributed by atoms with Gasteiger partial charge in [-0.25, -0.2) is 4.39 Å². The lowest BCUT2D eigenvalue weighted by molar-refractivity contribution is 0.414. The summed E-state index contributed by atoms with van der Waals surface area (Å²) in [7, 11) is 3.56. The SMILES string of the molecule is CNC(CCc1ccc(OC)cc1)c1cccc(F)c1Br. The van der Waals surface area contributed by atoms with Gasteiger partial charge in [0, 0.05) is 6.04 Å². The van der Waals surface area contributed by atoms with Crippen LogP contribution in [-0.4, -0.2) is 14.2 Å². The lowest BCUT2D eigenvalue weighted by Gasteiger charge is -2.18. The molecule has 4 heteroatoms. The van der Waals surface area contributed by atoms with E-state index in [9.17, 15) is 4.39 Å². The van der Waals surface area contributed by atoms with Crippen molar-refractivity contribution in [2.75, 3.05) is 14.2 Å². The van der Waals surface area contributed by atoms with E-state index >= 15 is 0 Å². The van der Waals surface area contributed by atoms with Crippen molar-refractivity contribution >= 4 is 15.9 Å². The first kappa shape index (κ1) is 16.0. The number of methoxy groups -OCH3 is 1. The zero-order valence-corrected chi connectivity index (χ0v) is 13.8. The second kappa shape index (κ2) is 7.57. The molecule has 0 saturated heterocycles. The van der Waals surface area contributed by atoms with Crippen LogP contribution >= 0.6 is 15.9 Å². The van der Waals surface area contributed by atoms with Crippen LogP contribution in [-0.2, 0) is 6.42 Å². The molecule has 2 nitrogen and oxygen atoms in total. The molecule has 0 spiro atoms. The highest BCUT2D eigenvalue weighted by Crippen LogP contribution is 2.28. The lowest BCUT2D eigenvalue weighted by atomic mass is 9.99. The zero-order chi connectivity index (χ0) is 15.2. The van der Waals surface area contributed by atoms with Gasteiger partial charge in [0.2, 0.25) is 0 Å². The average molecular weight is 352 g/mol. The molecule has 0 bridgehead atoms. The molecule has 0 saturated carbocycles. The van der Waals surface area contributed by atoms with E-state index in [0.29, 0.717) is 4.47 Å². The van der Waals surface area contributed by atoms with Crippen molar-refractivity contribution in [3.05, 3.63) is 63.9 Å². The van der Waals surface area contributed by atoms with Gasteiger partial charge in [-0.15, -0.1) is 0 Å². The van der Waals surface area contributed by atoms with Crippen LogP contribution in [0.1, 0.15) is 23.6 Å². The fourth-order valence-electron chi connectivity index (χ4n) is 2.35. The average Bonchev–Trinajstić information content (AvgIpc) is 2.52. The second-order valence-electron chi connectivity index (χ2n) is 4.87. The predicted molar refractivity (Wildman–Crippen MR) is 87.2 cm³/mol. The van der Waals surface area contributed by atoms with E-state index in [1.807, 2.05) is 25.2 Å². The number of benzene rings is 2. The van der Waals surface area contributed by atoms with Gasteiger partial charge >= 0.3 is 0 Å². The topological polar surface area (TPSA) is 21.3 Å². The first-order valence-corrected chi connectivity index (χ1v) is 7.69. The Labute approximate surface area is 133 Å². The molecule has 0 aliphatic carbocycles. The Morgan fingerprint density at radius 3 is 2.52 bits per heavy atom. The van der Waals surface area contributed by atoms with Crippen molar-refractivity contribution in [2.45, 2.75) is 18.9 Å². The Kier molecular flexibility index (Phi) is 5.76. The minimum Gasteiger partial charge on any atom is -0.497 e. The predicted octanol–water partition coefficient (Wildman–Crippen LogP) is 4.49. The third-order valence-electron chi connectivity index (χ3n) is 3.59. The third-order valence-corrected chi connectivity index (χ3v) is 4.42. The summed E-state index contributed by atoms with van der Waals surface area (Å²) in [6, 6.07) is 13.3. The summed E-state index contributed by atoms with van der Waals surface area (Å²) in [6.45, 7) is 0. The van der Waals surface area contributed by atoms with Gasteiger partial charge in [-0.3, -0.25) is 0 Å². The Hall–Kier alpha value is -1.39. The maximum absolute atomic E-state index is 13.6. The fraction of sp³-hybridized carbons (Fsp3) is 0.294. The van der Waals surface area contributed by atoms with Gasteiger partial charge in [0.25, 0.3) is 0 Å². The molecular formula is C17H19BrFNO. The van der Waals surface area contributed by atoms with Gasteiger partial charge in [-0.05, 0) is 65.1 Å². The molecule has 0 radical (unpaired) electrons. The van der Waals surface area contributed by atoms with E-state index in [2.05, 4.69) is 33.4 Å². The number of ether oxygens (including phenoxy) is 1. The van der Waals surface area contributed by atoms with Crippen molar-refractivity contribution in [3.8, 4) is 5.75 Å². The number of hydrogen-bond donors (Lipinski definition) is 1. The maximum atomic E-state index is 13.6. The standard InChI is InChI=1S/C17H19BrFNO/c1-20-16(14-4-3-5-15(19)17(14)18)11-8-12-6-9-13(21-2)10-7-12/h3-7,9-10,16,20H,8,11H2,1-2H3. The van der Waals surface area contributed by atoms with Crippen LogP contribution in [0.15, 0.2) is 46.9 Å². The Morgan fingerprint density at radius 1 is 1.19 bits per heavy atom. The van der Waals surface area contributed by atoms with Crippen LogP contribution in [0.25, 0.3) is 0 Å². The van der Waals surface area contributed by atoms with Gasteiger partial charge in [0.05, 0.1) is 11.6 Å². The molecule has 1 N–H and O–H groups in total.